The lowest BCUT2D eigenvalue weighted by Crippen LogP contribution is -2.29. The Labute approximate surface area is 189 Å². The van der Waals surface area contributed by atoms with Gasteiger partial charge >= 0.3 is 0 Å². The summed E-state index contributed by atoms with van der Waals surface area (Å²) in [5, 5.41) is 20.9. The molecule has 1 atom stereocenters. The van der Waals surface area contributed by atoms with Gasteiger partial charge in [-0.1, -0.05) is 18.2 Å². The Bertz CT molecular complexity index is 1250. The largest absolute Gasteiger partial charge is 0.508 e. The number of rotatable bonds is 4. The number of fused-ring (bicyclic) bond motifs is 1. The number of nitrogens with zero attached hydrogens (tertiary/aromatic N) is 2. The van der Waals surface area contributed by atoms with Crippen LogP contribution in [0.3, 0.4) is 0 Å². The van der Waals surface area contributed by atoms with Crippen molar-refractivity contribution in [3.8, 4) is 17.2 Å². The molecule has 1 amide bonds. The second-order valence-electron chi connectivity index (χ2n) is 7.74. The van der Waals surface area contributed by atoms with Gasteiger partial charge in [-0.25, -0.2) is 0 Å². The predicted molar refractivity (Wildman–Crippen MR) is 118 cm³/mol. The number of carbonyl (C=O) groups excluding carboxylic acids is 2. The number of likely N-dealkylation sites (tertiary alicyclic amines) is 1. The molecule has 2 N–H and O–H groups in total. The second kappa shape index (κ2) is 8.31. The van der Waals surface area contributed by atoms with Crippen molar-refractivity contribution in [3.05, 3.63) is 89.3 Å². The molecular formula is C25H20N2O6. The van der Waals surface area contributed by atoms with Crippen LogP contribution in [0, 0.1) is 0 Å². The van der Waals surface area contributed by atoms with Gasteiger partial charge in [-0.15, -0.1) is 0 Å². The van der Waals surface area contributed by atoms with Crippen molar-refractivity contribution in [1.29, 1.82) is 0 Å². The maximum Gasteiger partial charge on any atom is 0.295 e. The molecule has 0 radical (unpaired) electrons. The number of benzene rings is 2. The SMILES string of the molecule is O=C1C(=O)N(Cc2cccnc2)C(c2ccc(O)cc2)/C1=C(\O)c1ccc2c(c1)OCCO2. The fourth-order valence-corrected chi connectivity index (χ4v) is 4.08. The average molecular weight is 444 g/mol. The van der Waals surface area contributed by atoms with Gasteiger partial charge in [0.25, 0.3) is 11.7 Å². The third kappa shape index (κ3) is 3.76. The van der Waals surface area contributed by atoms with Crippen molar-refractivity contribution in [2.24, 2.45) is 0 Å². The molecule has 2 aliphatic rings. The Morgan fingerprint density at radius 1 is 1.03 bits per heavy atom. The highest BCUT2D eigenvalue weighted by Crippen LogP contribution is 2.42. The highest BCUT2D eigenvalue weighted by molar-refractivity contribution is 6.46. The van der Waals surface area contributed by atoms with E-state index in [4.69, 9.17) is 9.47 Å². The minimum atomic E-state index is -0.848. The molecule has 2 aromatic carbocycles. The van der Waals surface area contributed by atoms with Gasteiger partial charge in [0, 0.05) is 24.5 Å². The highest BCUT2D eigenvalue weighted by atomic mass is 16.6. The van der Waals surface area contributed by atoms with Crippen LogP contribution in [-0.4, -0.2) is 45.0 Å². The lowest BCUT2D eigenvalue weighted by Gasteiger charge is -2.25. The number of phenols is 1. The van der Waals surface area contributed by atoms with E-state index in [2.05, 4.69) is 4.98 Å². The van der Waals surface area contributed by atoms with Crippen LogP contribution in [0.25, 0.3) is 5.76 Å². The zero-order valence-corrected chi connectivity index (χ0v) is 17.5. The number of ketones is 1. The number of hydrogen-bond acceptors (Lipinski definition) is 7. The molecule has 0 saturated carbocycles. The van der Waals surface area contributed by atoms with Gasteiger partial charge < -0.3 is 24.6 Å². The number of pyridine rings is 1. The lowest BCUT2D eigenvalue weighted by molar-refractivity contribution is -0.140. The summed E-state index contributed by atoms with van der Waals surface area (Å²) in [7, 11) is 0. The van der Waals surface area contributed by atoms with Gasteiger partial charge in [-0.05, 0) is 47.5 Å². The van der Waals surface area contributed by atoms with Crippen molar-refractivity contribution < 1.29 is 29.3 Å². The Morgan fingerprint density at radius 2 is 1.79 bits per heavy atom. The molecule has 33 heavy (non-hydrogen) atoms. The standard InChI is InChI=1S/C25H20N2O6/c28-18-6-3-16(4-7-18)22-21(23(29)17-5-8-19-20(12-17)33-11-10-32-19)24(30)25(31)27(22)14-15-2-1-9-26-13-15/h1-9,12-13,22,28-29H,10-11,14H2/b23-21+. The molecule has 1 saturated heterocycles. The molecule has 2 aliphatic heterocycles. The molecule has 8 nitrogen and oxygen atoms in total. The first kappa shape index (κ1) is 20.6. The van der Waals surface area contributed by atoms with Crippen molar-refractivity contribution in [1.82, 2.24) is 9.88 Å². The van der Waals surface area contributed by atoms with Gasteiger partial charge in [0.2, 0.25) is 0 Å². The number of hydrogen-bond donors (Lipinski definition) is 2. The van der Waals surface area contributed by atoms with E-state index >= 15 is 0 Å². The number of aromatic nitrogens is 1. The van der Waals surface area contributed by atoms with Crippen LogP contribution in [0.4, 0.5) is 0 Å². The summed E-state index contributed by atoms with van der Waals surface area (Å²) in [5.74, 6) is -0.770. The van der Waals surface area contributed by atoms with Crippen LogP contribution in [0.15, 0.2) is 72.6 Å². The maximum atomic E-state index is 13.1. The number of aromatic hydroxyl groups is 1. The van der Waals surface area contributed by atoms with Crippen molar-refractivity contribution in [2.75, 3.05) is 13.2 Å². The summed E-state index contributed by atoms with van der Waals surface area (Å²) in [6, 6.07) is 13.8. The lowest BCUT2D eigenvalue weighted by atomic mass is 9.95. The zero-order valence-electron chi connectivity index (χ0n) is 17.5. The van der Waals surface area contributed by atoms with Crippen molar-refractivity contribution in [2.45, 2.75) is 12.6 Å². The van der Waals surface area contributed by atoms with Crippen molar-refractivity contribution in [3.63, 3.8) is 0 Å². The third-order valence-electron chi connectivity index (χ3n) is 5.64. The Balaban J connectivity index is 1.63. The first-order valence-electron chi connectivity index (χ1n) is 10.4. The monoisotopic (exact) mass is 444 g/mol. The Kier molecular flexibility index (Phi) is 5.18. The summed E-state index contributed by atoms with van der Waals surface area (Å²) in [5.41, 5.74) is 1.62. The Hall–Kier alpha value is -4.33. The maximum absolute atomic E-state index is 13.1. The number of aliphatic hydroxyl groups is 1. The summed E-state index contributed by atoms with van der Waals surface area (Å²) in [6.07, 6.45) is 3.24. The molecule has 3 aromatic rings. The molecule has 0 bridgehead atoms. The first-order chi connectivity index (χ1) is 16.0. The summed E-state index contributed by atoms with van der Waals surface area (Å²) >= 11 is 0. The number of Topliss-reactive ketones (excluding diaryl/α,β-unsaturated/α-hetero) is 1. The van der Waals surface area contributed by atoms with E-state index in [-0.39, 0.29) is 23.6 Å². The molecule has 8 heteroatoms. The van der Waals surface area contributed by atoms with E-state index in [1.165, 1.54) is 17.0 Å². The Morgan fingerprint density at radius 3 is 2.52 bits per heavy atom. The molecule has 166 valence electrons. The summed E-state index contributed by atoms with van der Waals surface area (Å²) < 4.78 is 11.1. The summed E-state index contributed by atoms with van der Waals surface area (Å²) in [6.45, 7) is 0.931. The number of amides is 1. The minimum Gasteiger partial charge on any atom is -0.508 e. The quantitative estimate of drug-likeness (QED) is 0.361. The van der Waals surface area contributed by atoms with E-state index in [1.807, 2.05) is 0 Å². The second-order valence-corrected chi connectivity index (χ2v) is 7.74. The molecule has 5 rings (SSSR count). The van der Waals surface area contributed by atoms with E-state index < -0.39 is 17.7 Å². The van der Waals surface area contributed by atoms with Crippen LogP contribution >= 0.6 is 0 Å². The number of ether oxygens (including phenoxy) is 2. The number of carbonyl (C=O) groups is 2. The molecule has 0 aliphatic carbocycles. The van der Waals surface area contributed by atoms with E-state index in [1.54, 1.807) is 54.9 Å². The van der Waals surface area contributed by atoms with E-state index in [0.717, 1.165) is 5.56 Å². The molecule has 1 unspecified atom stereocenters. The number of aliphatic hydroxyl groups excluding tert-OH is 1. The van der Waals surface area contributed by atoms with Crippen LogP contribution in [0.2, 0.25) is 0 Å². The van der Waals surface area contributed by atoms with Crippen LogP contribution in [0.5, 0.6) is 17.2 Å². The van der Waals surface area contributed by atoms with Crippen LogP contribution < -0.4 is 9.47 Å². The fraction of sp³-hybridized carbons (Fsp3) is 0.160. The van der Waals surface area contributed by atoms with E-state index in [0.29, 0.717) is 35.8 Å². The highest BCUT2D eigenvalue weighted by Gasteiger charge is 2.46. The van der Waals surface area contributed by atoms with Gasteiger partial charge in [0.05, 0.1) is 11.6 Å². The normalized spacial score (nSPS) is 19.0. The topological polar surface area (TPSA) is 109 Å². The molecule has 1 fully saturated rings. The van der Waals surface area contributed by atoms with Gasteiger partial charge in [0.15, 0.2) is 11.5 Å². The molecule has 0 spiro atoms. The fourth-order valence-electron chi connectivity index (χ4n) is 4.08. The van der Waals surface area contributed by atoms with Gasteiger partial charge in [-0.3, -0.25) is 14.6 Å². The average Bonchev–Trinajstić information content (AvgIpc) is 3.09. The minimum absolute atomic E-state index is 0.0359. The van der Waals surface area contributed by atoms with E-state index in [9.17, 15) is 19.8 Å². The van der Waals surface area contributed by atoms with Crippen molar-refractivity contribution >= 4 is 17.4 Å². The molecule has 1 aromatic heterocycles. The number of phenolic OH excluding ortho intramolecular Hbond substituents is 1. The van der Waals surface area contributed by atoms with Crippen LogP contribution in [0.1, 0.15) is 22.7 Å². The predicted octanol–water partition coefficient (Wildman–Crippen LogP) is 3.18. The smallest absolute Gasteiger partial charge is 0.295 e. The zero-order chi connectivity index (χ0) is 22.9. The van der Waals surface area contributed by atoms with Gasteiger partial charge in [-0.2, -0.15) is 0 Å². The summed E-state index contributed by atoms with van der Waals surface area (Å²) in [4.78, 5) is 31.7. The van der Waals surface area contributed by atoms with Gasteiger partial charge in [0.1, 0.15) is 24.7 Å². The first-order valence-corrected chi connectivity index (χ1v) is 10.4. The molecular weight excluding hydrogens is 424 g/mol. The third-order valence-corrected chi connectivity index (χ3v) is 5.64. The van der Waals surface area contributed by atoms with Crippen LogP contribution in [-0.2, 0) is 16.1 Å². The molecule has 3 heterocycles.